The highest BCUT2D eigenvalue weighted by molar-refractivity contribution is 9.10. The van der Waals surface area contributed by atoms with E-state index in [9.17, 15) is 14.4 Å². The van der Waals surface area contributed by atoms with Gasteiger partial charge >= 0.3 is 6.03 Å². The van der Waals surface area contributed by atoms with Gasteiger partial charge in [-0.25, -0.2) is 9.78 Å². The summed E-state index contributed by atoms with van der Waals surface area (Å²) in [5.41, 5.74) is 1.35. The van der Waals surface area contributed by atoms with E-state index >= 15 is 0 Å². The fraction of sp³-hybridized carbons (Fsp3) is 0.238. The SMILES string of the molecule is CC(c1ccccc1)n1c(SCC(=O)N2CCNC2=O)nc2ccc(Br)cc2c1=O. The summed E-state index contributed by atoms with van der Waals surface area (Å²) in [5, 5.41) is 3.57. The van der Waals surface area contributed by atoms with Gasteiger partial charge in [0, 0.05) is 17.6 Å². The minimum absolute atomic E-state index is 0.0173. The number of thioether (sulfide) groups is 1. The lowest BCUT2D eigenvalue weighted by molar-refractivity contribution is -0.124. The average molecular weight is 487 g/mol. The molecule has 2 heterocycles. The lowest BCUT2D eigenvalue weighted by Crippen LogP contribution is -2.35. The van der Waals surface area contributed by atoms with Gasteiger partial charge in [-0.05, 0) is 30.7 Å². The predicted octanol–water partition coefficient (Wildman–Crippen LogP) is 3.41. The van der Waals surface area contributed by atoms with Crippen LogP contribution in [0.4, 0.5) is 4.79 Å². The molecule has 1 saturated heterocycles. The van der Waals surface area contributed by atoms with Crippen LogP contribution in [0.3, 0.4) is 0 Å². The van der Waals surface area contributed by atoms with Crippen molar-refractivity contribution in [2.75, 3.05) is 18.8 Å². The molecule has 3 amide bonds. The van der Waals surface area contributed by atoms with Crippen LogP contribution >= 0.6 is 27.7 Å². The van der Waals surface area contributed by atoms with Crippen LogP contribution in [0.2, 0.25) is 0 Å². The van der Waals surface area contributed by atoms with E-state index < -0.39 is 0 Å². The zero-order valence-electron chi connectivity index (χ0n) is 16.2. The van der Waals surface area contributed by atoms with Crippen molar-refractivity contribution in [1.82, 2.24) is 19.8 Å². The summed E-state index contributed by atoms with van der Waals surface area (Å²) < 4.78 is 2.41. The molecule has 2 aromatic carbocycles. The van der Waals surface area contributed by atoms with Crippen molar-refractivity contribution in [1.29, 1.82) is 0 Å². The van der Waals surface area contributed by atoms with Gasteiger partial charge < -0.3 is 5.32 Å². The normalized spacial score (nSPS) is 14.7. The third-order valence-electron chi connectivity index (χ3n) is 4.98. The summed E-state index contributed by atoms with van der Waals surface area (Å²) in [7, 11) is 0. The number of amides is 3. The van der Waals surface area contributed by atoms with Crippen molar-refractivity contribution in [3.63, 3.8) is 0 Å². The number of urea groups is 1. The molecule has 9 heteroatoms. The average Bonchev–Trinajstić information content (AvgIpc) is 3.19. The van der Waals surface area contributed by atoms with E-state index in [2.05, 4.69) is 26.2 Å². The maximum absolute atomic E-state index is 13.4. The molecule has 1 fully saturated rings. The van der Waals surface area contributed by atoms with Crippen LogP contribution in [-0.4, -0.2) is 45.2 Å². The molecule has 4 rings (SSSR count). The zero-order chi connectivity index (χ0) is 21.3. The van der Waals surface area contributed by atoms with E-state index in [0.29, 0.717) is 29.1 Å². The van der Waals surface area contributed by atoms with E-state index in [-0.39, 0.29) is 29.3 Å². The molecule has 0 radical (unpaired) electrons. The molecular weight excluding hydrogens is 468 g/mol. The van der Waals surface area contributed by atoms with Crippen LogP contribution in [0.15, 0.2) is 63.0 Å². The Bertz CT molecular complexity index is 1180. The maximum Gasteiger partial charge on any atom is 0.324 e. The van der Waals surface area contributed by atoms with Crippen LogP contribution in [0.1, 0.15) is 18.5 Å². The van der Waals surface area contributed by atoms with Crippen molar-refractivity contribution in [2.24, 2.45) is 0 Å². The zero-order valence-corrected chi connectivity index (χ0v) is 18.6. The van der Waals surface area contributed by atoms with Gasteiger partial charge in [-0.2, -0.15) is 0 Å². The number of hydrogen-bond acceptors (Lipinski definition) is 5. The van der Waals surface area contributed by atoms with Gasteiger partial charge in [0.05, 0.1) is 22.7 Å². The fourth-order valence-corrected chi connectivity index (χ4v) is 4.70. The van der Waals surface area contributed by atoms with E-state index in [1.54, 1.807) is 16.7 Å². The number of nitrogens with one attached hydrogen (secondary N) is 1. The molecule has 1 aliphatic heterocycles. The molecule has 1 atom stereocenters. The third-order valence-corrected chi connectivity index (χ3v) is 6.41. The maximum atomic E-state index is 13.4. The Kier molecular flexibility index (Phi) is 5.92. The second-order valence-corrected chi connectivity index (χ2v) is 8.74. The highest BCUT2D eigenvalue weighted by Crippen LogP contribution is 2.26. The number of fused-ring (bicyclic) bond motifs is 1. The molecule has 0 aliphatic carbocycles. The Hall–Kier alpha value is -2.65. The van der Waals surface area contributed by atoms with Crippen LogP contribution in [0.25, 0.3) is 10.9 Å². The van der Waals surface area contributed by atoms with Crippen LogP contribution in [-0.2, 0) is 4.79 Å². The quantitative estimate of drug-likeness (QED) is 0.441. The smallest absolute Gasteiger partial charge is 0.324 e. The molecule has 1 aliphatic rings. The molecule has 0 saturated carbocycles. The van der Waals surface area contributed by atoms with Crippen molar-refractivity contribution in [2.45, 2.75) is 18.1 Å². The van der Waals surface area contributed by atoms with Gasteiger partial charge in [-0.3, -0.25) is 19.1 Å². The lowest BCUT2D eigenvalue weighted by atomic mass is 10.1. The van der Waals surface area contributed by atoms with E-state index in [4.69, 9.17) is 0 Å². The van der Waals surface area contributed by atoms with E-state index in [1.165, 1.54) is 16.7 Å². The summed E-state index contributed by atoms with van der Waals surface area (Å²) in [4.78, 5) is 43.5. The van der Waals surface area contributed by atoms with Gasteiger partial charge in [-0.1, -0.05) is 58.0 Å². The number of nitrogens with zero attached hydrogens (tertiary/aromatic N) is 3. The summed E-state index contributed by atoms with van der Waals surface area (Å²) in [6, 6.07) is 14.4. The Morgan fingerprint density at radius 3 is 2.70 bits per heavy atom. The first-order valence-corrected chi connectivity index (χ1v) is 11.2. The van der Waals surface area contributed by atoms with Gasteiger partial charge in [0.15, 0.2) is 5.16 Å². The Labute approximate surface area is 185 Å². The molecule has 30 heavy (non-hydrogen) atoms. The number of halogens is 1. The number of carbonyl (C=O) groups is 2. The molecule has 7 nitrogen and oxygen atoms in total. The molecule has 154 valence electrons. The Balaban J connectivity index is 1.75. The summed E-state index contributed by atoms with van der Waals surface area (Å²) in [6.45, 7) is 2.74. The number of carbonyl (C=O) groups excluding carboxylic acids is 2. The number of imide groups is 1. The van der Waals surface area contributed by atoms with Crippen LogP contribution in [0.5, 0.6) is 0 Å². The largest absolute Gasteiger partial charge is 0.336 e. The minimum Gasteiger partial charge on any atom is -0.336 e. The van der Waals surface area contributed by atoms with E-state index in [0.717, 1.165) is 10.0 Å². The monoisotopic (exact) mass is 486 g/mol. The summed E-state index contributed by atoms with van der Waals surface area (Å²) in [5.74, 6) is -0.289. The fourth-order valence-electron chi connectivity index (χ4n) is 3.39. The van der Waals surface area contributed by atoms with Crippen molar-refractivity contribution >= 4 is 50.5 Å². The highest BCUT2D eigenvalue weighted by Gasteiger charge is 2.27. The minimum atomic E-state index is -0.382. The molecule has 0 spiro atoms. The topological polar surface area (TPSA) is 84.3 Å². The lowest BCUT2D eigenvalue weighted by Gasteiger charge is -2.20. The first kappa shape index (κ1) is 20.6. The van der Waals surface area contributed by atoms with Crippen LogP contribution in [0, 0.1) is 0 Å². The molecule has 1 N–H and O–H groups in total. The third kappa shape index (κ3) is 3.99. The number of benzene rings is 2. The Morgan fingerprint density at radius 2 is 2.00 bits per heavy atom. The first-order chi connectivity index (χ1) is 14.5. The summed E-state index contributed by atoms with van der Waals surface area (Å²) in [6.07, 6.45) is 0. The van der Waals surface area contributed by atoms with Crippen molar-refractivity contribution in [3.8, 4) is 0 Å². The highest BCUT2D eigenvalue weighted by atomic mass is 79.9. The van der Waals surface area contributed by atoms with Gasteiger partial charge in [0.1, 0.15) is 0 Å². The number of hydrogen-bond donors (Lipinski definition) is 1. The van der Waals surface area contributed by atoms with Crippen molar-refractivity contribution in [3.05, 3.63) is 68.9 Å². The second kappa shape index (κ2) is 8.61. The molecule has 3 aromatic rings. The first-order valence-electron chi connectivity index (χ1n) is 9.43. The Morgan fingerprint density at radius 1 is 1.23 bits per heavy atom. The van der Waals surface area contributed by atoms with Crippen molar-refractivity contribution < 1.29 is 9.59 Å². The predicted molar refractivity (Wildman–Crippen MR) is 120 cm³/mol. The standard InChI is InChI=1S/C21H19BrN4O3S/c1-13(14-5-3-2-4-6-14)26-19(28)16-11-15(22)7-8-17(16)24-21(26)30-12-18(27)25-10-9-23-20(25)29/h2-8,11,13H,9-10,12H2,1H3,(H,23,29). The molecule has 1 unspecified atom stereocenters. The van der Waals surface area contributed by atoms with Gasteiger partial charge in [-0.15, -0.1) is 0 Å². The molecular formula is C21H19BrN4O3S. The van der Waals surface area contributed by atoms with Gasteiger partial charge in [0.25, 0.3) is 5.56 Å². The summed E-state index contributed by atoms with van der Waals surface area (Å²) >= 11 is 4.58. The van der Waals surface area contributed by atoms with E-state index in [1.807, 2.05) is 43.3 Å². The number of rotatable bonds is 5. The number of aromatic nitrogens is 2. The second-order valence-electron chi connectivity index (χ2n) is 6.88. The molecule has 1 aromatic heterocycles. The molecule has 0 bridgehead atoms. The van der Waals surface area contributed by atoms with Gasteiger partial charge in [0.2, 0.25) is 5.91 Å². The van der Waals surface area contributed by atoms with Crippen LogP contribution < -0.4 is 10.9 Å².